The minimum atomic E-state index is -0.247. The van der Waals surface area contributed by atoms with E-state index in [1.807, 2.05) is 0 Å². The van der Waals surface area contributed by atoms with Crippen molar-refractivity contribution in [1.29, 1.82) is 0 Å². The molecule has 0 fully saturated rings. The monoisotopic (exact) mass is 176 g/mol. The highest BCUT2D eigenvalue weighted by molar-refractivity contribution is 5.69. The van der Waals surface area contributed by atoms with E-state index >= 15 is 0 Å². The first-order valence-corrected chi connectivity index (χ1v) is 3.78. The highest BCUT2D eigenvalue weighted by Gasteiger charge is 2.15. The summed E-state index contributed by atoms with van der Waals surface area (Å²) in [5, 5.41) is 18.6. The molecule has 0 unspecified atom stereocenters. The number of hydrogen-bond donors (Lipinski definition) is 2. The number of allylic oxidation sites excluding steroid dienone is 1. The Balaban J connectivity index is 2.64. The van der Waals surface area contributed by atoms with E-state index in [1.54, 1.807) is 18.2 Å². The summed E-state index contributed by atoms with van der Waals surface area (Å²) in [6.45, 7) is 3.58. The Morgan fingerprint density at radius 3 is 2.69 bits per heavy atom. The van der Waals surface area contributed by atoms with Crippen LogP contribution in [0.25, 0.3) is 6.08 Å². The Morgan fingerprint density at radius 1 is 1.15 bits per heavy atom. The lowest BCUT2D eigenvalue weighted by atomic mass is 10.1. The van der Waals surface area contributed by atoms with Gasteiger partial charge in [-0.05, 0) is 24.3 Å². The first kappa shape index (κ1) is 7.73. The van der Waals surface area contributed by atoms with Gasteiger partial charge in [-0.25, -0.2) is 0 Å². The highest BCUT2D eigenvalue weighted by Crippen LogP contribution is 2.41. The number of hydrogen-bond acceptors (Lipinski definition) is 3. The summed E-state index contributed by atoms with van der Waals surface area (Å²) in [6, 6.07) is 3.07. The minimum Gasteiger partial charge on any atom is -0.504 e. The van der Waals surface area contributed by atoms with Crippen molar-refractivity contribution in [3.63, 3.8) is 0 Å². The Hall–Kier alpha value is -1.90. The van der Waals surface area contributed by atoms with Crippen molar-refractivity contribution in [3.8, 4) is 17.2 Å². The maximum atomic E-state index is 9.41. The molecule has 66 valence electrons. The molecule has 3 heteroatoms. The molecule has 1 aliphatic heterocycles. The fraction of sp³-hybridized carbons (Fsp3) is 0. The molecule has 0 atom stereocenters. The minimum absolute atomic E-state index is 0.193. The molecule has 0 radical (unpaired) electrons. The third-order valence-electron chi connectivity index (χ3n) is 1.82. The second-order valence-electron chi connectivity index (χ2n) is 2.75. The van der Waals surface area contributed by atoms with Gasteiger partial charge in [0.05, 0.1) is 0 Å². The van der Waals surface area contributed by atoms with E-state index in [0.29, 0.717) is 5.76 Å². The van der Waals surface area contributed by atoms with Crippen molar-refractivity contribution in [2.45, 2.75) is 0 Å². The molecule has 13 heavy (non-hydrogen) atoms. The molecule has 1 heterocycles. The zero-order chi connectivity index (χ0) is 9.42. The zero-order valence-corrected chi connectivity index (χ0v) is 6.82. The molecule has 1 aromatic carbocycles. The molecule has 1 aromatic rings. The van der Waals surface area contributed by atoms with Gasteiger partial charge in [-0.15, -0.1) is 0 Å². The van der Waals surface area contributed by atoms with E-state index in [4.69, 9.17) is 4.74 Å². The molecule has 0 amide bonds. The average molecular weight is 176 g/mol. The Kier molecular flexibility index (Phi) is 1.52. The molecule has 2 rings (SSSR count). The molecular weight excluding hydrogens is 168 g/mol. The van der Waals surface area contributed by atoms with Gasteiger partial charge in [-0.1, -0.05) is 6.58 Å². The van der Waals surface area contributed by atoms with Crippen molar-refractivity contribution in [3.05, 3.63) is 36.1 Å². The molecule has 3 nitrogen and oxygen atoms in total. The second kappa shape index (κ2) is 2.55. The maximum absolute atomic E-state index is 9.41. The first-order chi connectivity index (χ1) is 6.18. The van der Waals surface area contributed by atoms with Gasteiger partial charge in [0.2, 0.25) is 5.75 Å². The van der Waals surface area contributed by atoms with Crippen LogP contribution in [0, 0.1) is 0 Å². The summed E-state index contributed by atoms with van der Waals surface area (Å²) >= 11 is 0. The number of ether oxygens (including phenoxy) is 1. The summed E-state index contributed by atoms with van der Waals surface area (Å²) in [6.07, 6.45) is 3.46. The third-order valence-corrected chi connectivity index (χ3v) is 1.82. The van der Waals surface area contributed by atoms with Crippen molar-refractivity contribution in [2.75, 3.05) is 0 Å². The Bertz CT molecular complexity index is 405. The normalized spacial score (nSPS) is 13.7. The summed E-state index contributed by atoms with van der Waals surface area (Å²) in [5.74, 6) is 0.255. The van der Waals surface area contributed by atoms with Crippen LogP contribution >= 0.6 is 0 Å². The highest BCUT2D eigenvalue weighted by atomic mass is 16.5. The quantitative estimate of drug-likeness (QED) is 0.594. The molecule has 1 aliphatic rings. The lowest BCUT2D eigenvalue weighted by Gasteiger charge is -2.15. The number of phenolic OH excluding ortho intramolecular Hbond substituents is 2. The van der Waals surface area contributed by atoms with Crippen LogP contribution in [-0.4, -0.2) is 10.2 Å². The van der Waals surface area contributed by atoms with Crippen molar-refractivity contribution >= 4 is 6.08 Å². The number of benzene rings is 1. The van der Waals surface area contributed by atoms with Gasteiger partial charge in [-0.2, -0.15) is 0 Å². The van der Waals surface area contributed by atoms with E-state index in [1.165, 1.54) is 6.07 Å². The maximum Gasteiger partial charge on any atom is 0.201 e. The van der Waals surface area contributed by atoms with Gasteiger partial charge in [0.15, 0.2) is 11.5 Å². The molecular formula is C10H8O3. The van der Waals surface area contributed by atoms with E-state index in [2.05, 4.69) is 6.58 Å². The second-order valence-corrected chi connectivity index (χ2v) is 2.75. The van der Waals surface area contributed by atoms with Crippen molar-refractivity contribution < 1.29 is 14.9 Å². The van der Waals surface area contributed by atoms with Crippen LogP contribution in [0.3, 0.4) is 0 Å². The van der Waals surface area contributed by atoms with Gasteiger partial charge in [0.25, 0.3) is 0 Å². The van der Waals surface area contributed by atoms with E-state index in [9.17, 15) is 10.2 Å². The Labute approximate surface area is 75.2 Å². The van der Waals surface area contributed by atoms with Gasteiger partial charge < -0.3 is 14.9 Å². The van der Waals surface area contributed by atoms with Crippen molar-refractivity contribution in [1.82, 2.24) is 0 Å². The lowest BCUT2D eigenvalue weighted by molar-refractivity contribution is 0.361. The van der Waals surface area contributed by atoms with Crippen molar-refractivity contribution in [2.24, 2.45) is 0 Å². The van der Waals surface area contributed by atoms with E-state index < -0.39 is 0 Å². The molecule has 0 aliphatic carbocycles. The number of fused-ring (bicyclic) bond motifs is 1. The molecule has 0 saturated carbocycles. The van der Waals surface area contributed by atoms with Crippen LogP contribution in [-0.2, 0) is 0 Å². The zero-order valence-electron chi connectivity index (χ0n) is 6.82. The van der Waals surface area contributed by atoms with Gasteiger partial charge >= 0.3 is 0 Å². The van der Waals surface area contributed by atoms with Gasteiger partial charge in [0, 0.05) is 5.56 Å². The standard InChI is InChI=1S/C10H8O3/c1-6-2-3-7-4-5-8(11)9(12)10(7)13-6/h2-5,11-12H,1H2. The molecule has 0 aromatic heterocycles. The van der Waals surface area contributed by atoms with Gasteiger partial charge in [-0.3, -0.25) is 0 Å². The van der Waals surface area contributed by atoms with Crippen LogP contribution in [0.4, 0.5) is 0 Å². The molecule has 0 bridgehead atoms. The van der Waals surface area contributed by atoms with Crippen LogP contribution < -0.4 is 4.74 Å². The van der Waals surface area contributed by atoms with Crippen LogP contribution in [0.5, 0.6) is 17.2 Å². The first-order valence-electron chi connectivity index (χ1n) is 3.78. The number of aromatic hydroxyl groups is 2. The number of phenols is 2. The van der Waals surface area contributed by atoms with E-state index in [0.717, 1.165) is 5.56 Å². The largest absolute Gasteiger partial charge is 0.504 e. The SMILES string of the molecule is C=C1C=Cc2ccc(O)c(O)c2O1. The predicted molar refractivity (Wildman–Crippen MR) is 48.6 cm³/mol. The lowest BCUT2D eigenvalue weighted by Crippen LogP contribution is -1.97. The fourth-order valence-corrected chi connectivity index (χ4v) is 1.16. The molecule has 0 spiro atoms. The summed E-state index contributed by atoms with van der Waals surface area (Å²) in [4.78, 5) is 0. The smallest absolute Gasteiger partial charge is 0.201 e. The van der Waals surface area contributed by atoms with Gasteiger partial charge in [0.1, 0.15) is 5.76 Å². The fourth-order valence-electron chi connectivity index (χ4n) is 1.16. The Morgan fingerprint density at radius 2 is 1.92 bits per heavy atom. The molecule has 2 N–H and O–H groups in total. The summed E-state index contributed by atoms with van der Waals surface area (Å²) in [5.41, 5.74) is 0.725. The van der Waals surface area contributed by atoms with Crippen LogP contribution in [0.1, 0.15) is 5.56 Å². The number of rotatable bonds is 0. The topological polar surface area (TPSA) is 49.7 Å². The van der Waals surface area contributed by atoms with E-state index in [-0.39, 0.29) is 17.2 Å². The van der Waals surface area contributed by atoms with Crippen LogP contribution in [0.2, 0.25) is 0 Å². The summed E-state index contributed by atoms with van der Waals surface area (Å²) < 4.78 is 5.15. The third kappa shape index (κ3) is 1.14. The summed E-state index contributed by atoms with van der Waals surface area (Å²) in [7, 11) is 0. The predicted octanol–water partition coefficient (Wildman–Crippen LogP) is 2.02. The van der Waals surface area contributed by atoms with Crippen LogP contribution in [0.15, 0.2) is 30.5 Å². The molecule has 0 saturated heterocycles. The average Bonchev–Trinajstić information content (AvgIpc) is 2.12.